The van der Waals surface area contributed by atoms with Gasteiger partial charge in [0.25, 0.3) is 11.8 Å². The molecule has 3 aromatic carbocycles. The van der Waals surface area contributed by atoms with E-state index in [1.54, 1.807) is 50.5 Å². The second-order valence-electron chi connectivity index (χ2n) is 7.64. The number of esters is 1. The summed E-state index contributed by atoms with van der Waals surface area (Å²) in [4.78, 5) is 37.3. The van der Waals surface area contributed by atoms with Crippen LogP contribution in [0.25, 0.3) is 10.8 Å². The van der Waals surface area contributed by atoms with Crippen LogP contribution in [0.5, 0.6) is 0 Å². The third-order valence-electron chi connectivity index (χ3n) is 4.84. The van der Waals surface area contributed by atoms with E-state index in [2.05, 4.69) is 10.0 Å². The van der Waals surface area contributed by atoms with Gasteiger partial charge in [-0.15, -0.1) is 0 Å². The van der Waals surface area contributed by atoms with Crippen molar-refractivity contribution in [3.63, 3.8) is 0 Å². The Bertz CT molecular complexity index is 1300. The quantitative estimate of drug-likeness (QED) is 0.451. The average molecular weight is 484 g/mol. The van der Waals surface area contributed by atoms with Gasteiger partial charge in [0.2, 0.25) is 10.0 Å². The molecule has 9 nitrogen and oxygen atoms in total. The van der Waals surface area contributed by atoms with Crippen LogP contribution >= 0.6 is 0 Å². The number of nitrogens with one attached hydrogen (secondary N) is 2. The van der Waals surface area contributed by atoms with Crippen LogP contribution in [-0.4, -0.2) is 58.3 Å². The minimum absolute atomic E-state index is 0.0947. The fourth-order valence-corrected chi connectivity index (χ4v) is 4.14. The molecule has 0 unspecified atom stereocenters. The summed E-state index contributed by atoms with van der Waals surface area (Å²) in [6.07, 6.45) is -0.235. The van der Waals surface area contributed by atoms with E-state index in [4.69, 9.17) is 4.74 Å². The fraction of sp³-hybridized carbons (Fsp3) is 0.208. The summed E-state index contributed by atoms with van der Waals surface area (Å²) in [7, 11) is -0.519. The third kappa shape index (κ3) is 6.63. The highest BCUT2D eigenvalue weighted by molar-refractivity contribution is 7.89. The van der Waals surface area contributed by atoms with Gasteiger partial charge in [0.05, 0.1) is 11.3 Å². The Balaban J connectivity index is 1.43. The fourth-order valence-electron chi connectivity index (χ4n) is 3.07. The van der Waals surface area contributed by atoms with Gasteiger partial charge in [-0.05, 0) is 47.2 Å². The molecule has 2 amide bonds. The van der Waals surface area contributed by atoms with Crippen LogP contribution in [0, 0.1) is 0 Å². The maximum absolute atomic E-state index is 12.5. The Hall–Kier alpha value is -3.76. The molecular formula is C24H25N3O6S. The Kier molecular flexibility index (Phi) is 7.98. The molecule has 2 N–H and O–H groups in total. The molecular weight excluding hydrogens is 458 g/mol. The number of hydrogen-bond acceptors (Lipinski definition) is 6. The molecule has 3 aromatic rings. The first-order valence-electron chi connectivity index (χ1n) is 10.4. The molecule has 0 aromatic heterocycles. The molecule has 0 bridgehead atoms. The van der Waals surface area contributed by atoms with E-state index in [1.807, 2.05) is 24.3 Å². The van der Waals surface area contributed by atoms with E-state index in [-0.39, 0.29) is 23.8 Å². The number of fused-ring (bicyclic) bond motifs is 1. The van der Waals surface area contributed by atoms with Gasteiger partial charge in [0.1, 0.15) is 0 Å². The molecule has 0 heterocycles. The molecule has 3 rings (SSSR count). The lowest BCUT2D eigenvalue weighted by Crippen LogP contribution is -2.28. The van der Waals surface area contributed by atoms with E-state index in [0.717, 1.165) is 10.8 Å². The maximum Gasteiger partial charge on any atom is 0.307 e. The minimum atomic E-state index is -3.80. The lowest BCUT2D eigenvalue weighted by Gasteiger charge is -2.11. The Labute approximate surface area is 197 Å². The summed E-state index contributed by atoms with van der Waals surface area (Å²) < 4.78 is 32.2. The van der Waals surface area contributed by atoms with Crippen LogP contribution in [0.15, 0.2) is 71.6 Å². The number of carbonyl (C=O) groups is 3. The summed E-state index contributed by atoms with van der Waals surface area (Å²) in [5.41, 5.74) is 0.917. The molecule has 34 heavy (non-hydrogen) atoms. The molecule has 0 aliphatic carbocycles. The number of carbonyl (C=O) groups excluding carboxylic acids is 3. The second-order valence-corrected chi connectivity index (χ2v) is 9.41. The predicted octanol–water partition coefficient (Wildman–Crippen LogP) is 2.39. The first-order valence-corrected chi connectivity index (χ1v) is 11.9. The zero-order valence-corrected chi connectivity index (χ0v) is 19.6. The SMILES string of the molecule is CN(C)C(=O)c1ccc(NC(=O)COC(=O)CCNS(=O)(=O)c2ccc3ccccc3c2)cc1. The lowest BCUT2D eigenvalue weighted by atomic mass is 10.1. The van der Waals surface area contributed by atoms with Crippen molar-refractivity contribution in [2.24, 2.45) is 0 Å². The second kappa shape index (κ2) is 10.9. The summed E-state index contributed by atoms with van der Waals surface area (Å²) >= 11 is 0. The van der Waals surface area contributed by atoms with Crippen LogP contribution in [-0.2, 0) is 24.3 Å². The topological polar surface area (TPSA) is 122 Å². The van der Waals surface area contributed by atoms with Crippen molar-refractivity contribution in [2.75, 3.05) is 32.6 Å². The number of rotatable bonds is 9. The smallest absolute Gasteiger partial charge is 0.307 e. The number of ether oxygens (including phenoxy) is 1. The lowest BCUT2D eigenvalue weighted by molar-refractivity contribution is -0.147. The molecule has 0 saturated carbocycles. The Morgan fingerprint density at radius 2 is 1.59 bits per heavy atom. The van der Waals surface area contributed by atoms with Gasteiger partial charge in [-0.1, -0.05) is 30.3 Å². The van der Waals surface area contributed by atoms with Crippen molar-refractivity contribution in [1.82, 2.24) is 9.62 Å². The van der Waals surface area contributed by atoms with Gasteiger partial charge in [-0.3, -0.25) is 14.4 Å². The molecule has 0 fully saturated rings. The van der Waals surface area contributed by atoms with Crippen molar-refractivity contribution in [1.29, 1.82) is 0 Å². The van der Waals surface area contributed by atoms with Crippen LogP contribution in [0.4, 0.5) is 5.69 Å². The maximum atomic E-state index is 12.5. The monoisotopic (exact) mass is 483 g/mol. The van der Waals surface area contributed by atoms with E-state index < -0.39 is 28.5 Å². The van der Waals surface area contributed by atoms with Crippen molar-refractivity contribution in [3.05, 3.63) is 72.3 Å². The first-order chi connectivity index (χ1) is 16.2. The number of sulfonamides is 1. The molecule has 0 atom stereocenters. The molecule has 178 valence electrons. The third-order valence-corrected chi connectivity index (χ3v) is 6.30. The zero-order chi connectivity index (χ0) is 24.7. The average Bonchev–Trinajstić information content (AvgIpc) is 2.82. The van der Waals surface area contributed by atoms with E-state index in [0.29, 0.717) is 11.3 Å². The van der Waals surface area contributed by atoms with E-state index in [1.165, 1.54) is 11.0 Å². The van der Waals surface area contributed by atoms with Gasteiger partial charge >= 0.3 is 5.97 Å². The molecule has 0 radical (unpaired) electrons. The van der Waals surface area contributed by atoms with Crippen LogP contribution in [0.3, 0.4) is 0 Å². The molecule has 0 aliphatic heterocycles. The summed E-state index contributed by atoms with van der Waals surface area (Å²) in [6, 6.07) is 18.4. The minimum Gasteiger partial charge on any atom is -0.456 e. The Morgan fingerprint density at radius 1 is 0.912 bits per heavy atom. The molecule has 0 saturated heterocycles. The van der Waals surface area contributed by atoms with Crippen LogP contribution in [0.2, 0.25) is 0 Å². The predicted molar refractivity (Wildman–Crippen MR) is 128 cm³/mol. The van der Waals surface area contributed by atoms with Gasteiger partial charge in [0, 0.05) is 31.9 Å². The van der Waals surface area contributed by atoms with Crippen LogP contribution in [0.1, 0.15) is 16.8 Å². The summed E-state index contributed by atoms with van der Waals surface area (Å²) in [5, 5.41) is 4.26. The van der Waals surface area contributed by atoms with Crippen molar-refractivity contribution in [2.45, 2.75) is 11.3 Å². The van der Waals surface area contributed by atoms with E-state index >= 15 is 0 Å². The number of hydrogen-bond donors (Lipinski definition) is 2. The largest absolute Gasteiger partial charge is 0.456 e. The van der Waals surface area contributed by atoms with Gasteiger partial charge in [-0.2, -0.15) is 0 Å². The van der Waals surface area contributed by atoms with Gasteiger partial charge in [-0.25, -0.2) is 13.1 Å². The summed E-state index contributed by atoms with van der Waals surface area (Å²) in [5.74, 6) is -1.44. The van der Waals surface area contributed by atoms with E-state index in [9.17, 15) is 22.8 Å². The van der Waals surface area contributed by atoms with Crippen molar-refractivity contribution in [3.8, 4) is 0 Å². The number of nitrogens with zero attached hydrogens (tertiary/aromatic N) is 1. The number of anilines is 1. The zero-order valence-electron chi connectivity index (χ0n) is 18.8. The number of amides is 2. The normalized spacial score (nSPS) is 11.1. The van der Waals surface area contributed by atoms with Crippen LogP contribution < -0.4 is 10.0 Å². The summed E-state index contributed by atoms with van der Waals surface area (Å²) in [6.45, 7) is -0.689. The highest BCUT2D eigenvalue weighted by Crippen LogP contribution is 2.18. The molecule has 0 spiro atoms. The molecule has 10 heteroatoms. The standard InChI is InChI=1S/C24H25N3O6S/c1-27(2)24(30)18-7-10-20(11-8-18)26-22(28)16-33-23(29)13-14-25-34(31,32)21-12-9-17-5-3-4-6-19(17)15-21/h3-12,15,25H,13-14,16H2,1-2H3,(H,26,28). The first kappa shape index (κ1) is 24.9. The van der Waals surface area contributed by atoms with Crippen molar-refractivity contribution < 1.29 is 27.5 Å². The van der Waals surface area contributed by atoms with Gasteiger partial charge in [0.15, 0.2) is 6.61 Å². The number of benzene rings is 3. The van der Waals surface area contributed by atoms with Crippen molar-refractivity contribution >= 4 is 44.3 Å². The highest BCUT2D eigenvalue weighted by Gasteiger charge is 2.16. The highest BCUT2D eigenvalue weighted by atomic mass is 32.2. The Morgan fingerprint density at radius 3 is 2.26 bits per heavy atom. The molecule has 0 aliphatic rings. The van der Waals surface area contributed by atoms with Gasteiger partial charge < -0.3 is 15.0 Å².